The minimum atomic E-state index is -0.688. The third-order valence-corrected chi connectivity index (χ3v) is 5.33. The van der Waals surface area contributed by atoms with Gasteiger partial charge in [0.05, 0.1) is 4.92 Å². The molecule has 2 heterocycles. The molecule has 0 fully saturated rings. The van der Waals surface area contributed by atoms with Crippen molar-refractivity contribution in [2.24, 2.45) is 0 Å². The molecular formula is C23H20N2O3. The van der Waals surface area contributed by atoms with Crippen molar-refractivity contribution in [3.63, 3.8) is 0 Å². The number of nitrogens with zero attached hydrogens (tertiary/aromatic N) is 2. The van der Waals surface area contributed by atoms with Gasteiger partial charge in [-0.2, -0.15) is 0 Å². The maximum atomic E-state index is 13.5. The Balaban J connectivity index is 1.84. The maximum Gasteiger partial charge on any atom is 0.279 e. The van der Waals surface area contributed by atoms with E-state index < -0.39 is 12.0 Å². The first-order valence-electron chi connectivity index (χ1n) is 9.31. The summed E-state index contributed by atoms with van der Waals surface area (Å²) >= 11 is 0. The van der Waals surface area contributed by atoms with Crippen LogP contribution < -0.4 is 0 Å². The van der Waals surface area contributed by atoms with Crippen LogP contribution in [0.1, 0.15) is 34.3 Å². The number of fused-ring (bicyclic) bond motifs is 1. The first kappa shape index (κ1) is 17.9. The molecule has 2 aliphatic rings. The molecule has 0 saturated carbocycles. The van der Waals surface area contributed by atoms with Crippen LogP contribution in [0.2, 0.25) is 0 Å². The molecule has 4 rings (SSSR count). The van der Waals surface area contributed by atoms with Gasteiger partial charge in [0, 0.05) is 11.8 Å². The van der Waals surface area contributed by atoms with E-state index in [-0.39, 0.29) is 16.4 Å². The first-order valence-corrected chi connectivity index (χ1v) is 9.31. The third kappa shape index (κ3) is 2.95. The van der Waals surface area contributed by atoms with Crippen molar-refractivity contribution >= 4 is 5.78 Å². The van der Waals surface area contributed by atoms with E-state index in [1.807, 2.05) is 54.6 Å². The van der Waals surface area contributed by atoms with Crippen molar-refractivity contribution in [1.29, 1.82) is 0 Å². The van der Waals surface area contributed by atoms with Gasteiger partial charge in [-0.25, -0.2) is 0 Å². The van der Waals surface area contributed by atoms with Gasteiger partial charge in [0.1, 0.15) is 17.7 Å². The summed E-state index contributed by atoms with van der Waals surface area (Å²) in [7, 11) is 0. The number of nitro groups is 1. The van der Waals surface area contributed by atoms with E-state index >= 15 is 0 Å². The van der Waals surface area contributed by atoms with Crippen LogP contribution in [-0.4, -0.2) is 21.6 Å². The monoisotopic (exact) mass is 372 g/mol. The number of aryl methyl sites for hydroxylation is 1. The molecule has 0 unspecified atom stereocenters. The smallest absolute Gasteiger partial charge is 0.279 e. The Morgan fingerprint density at radius 2 is 1.79 bits per heavy atom. The number of hydrogen-bond acceptors (Lipinski definition) is 4. The number of hydrogen-bond donors (Lipinski definition) is 0. The lowest BCUT2D eigenvalue weighted by atomic mass is 9.86. The molecule has 0 aliphatic carbocycles. The number of benzene rings is 2. The van der Waals surface area contributed by atoms with Gasteiger partial charge in [-0.05, 0) is 29.7 Å². The predicted octanol–water partition coefficient (Wildman–Crippen LogP) is 4.47. The highest BCUT2D eigenvalue weighted by Gasteiger charge is 2.50. The molecule has 140 valence electrons. The fourth-order valence-corrected chi connectivity index (χ4v) is 3.95. The van der Waals surface area contributed by atoms with Gasteiger partial charge in [-0.1, -0.05) is 67.6 Å². The highest BCUT2D eigenvalue weighted by molar-refractivity contribution is 6.02. The Bertz CT molecular complexity index is 1000. The summed E-state index contributed by atoms with van der Waals surface area (Å²) in [6.07, 6.45) is 7.92. The normalized spacial score (nSPS) is 20.4. The van der Waals surface area contributed by atoms with Gasteiger partial charge in [-0.15, -0.1) is 0 Å². The largest absolute Gasteiger partial charge is 0.331 e. The lowest BCUT2D eigenvalue weighted by Crippen LogP contribution is -2.37. The van der Waals surface area contributed by atoms with Gasteiger partial charge in [0.15, 0.2) is 5.78 Å². The number of rotatable bonds is 5. The van der Waals surface area contributed by atoms with Crippen LogP contribution in [-0.2, 0) is 6.42 Å². The Morgan fingerprint density at radius 3 is 2.43 bits per heavy atom. The van der Waals surface area contributed by atoms with Crippen molar-refractivity contribution in [1.82, 2.24) is 4.90 Å². The van der Waals surface area contributed by atoms with Crippen LogP contribution in [0.5, 0.6) is 0 Å². The minimum Gasteiger partial charge on any atom is -0.331 e. The quantitative estimate of drug-likeness (QED) is 0.441. The molecular weight excluding hydrogens is 352 g/mol. The van der Waals surface area contributed by atoms with E-state index in [1.165, 1.54) is 0 Å². The Hall–Kier alpha value is -3.47. The molecule has 2 aromatic rings. The lowest BCUT2D eigenvalue weighted by Gasteiger charge is -2.27. The second-order valence-corrected chi connectivity index (χ2v) is 6.88. The molecule has 2 aromatic carbocycles. The van der Waals surface area contributed by atoms with Crippen LogP contribution in [0, 0.1) is 10.1 Å². The standard InChI is InChI=1S/C23H20N2O3/c1-2-16-11-13-18(14-12-16)23(26)22-20(17-8-4-3-5-9-17)21(25(27)28)19-10-6-7-15-24(19)22/h3-15,20,22H,2H2,1H3/t20-,22+/m1/s1. The van der Waals surface area contributed by atoms with Crippen LogP contribution >= 0.6 is 0 Å². The van der Waals surface area contributed by atoms with E-state index in [9.17, 15) is 14.9 Å². The van der Waals surface area contributed by atoms with Crippen molar-refractivity contribution in [2.45, 2.75) is 25.3 Å². The zero-order chi connectivity index (χ0) is 19.7. The molecule has 2 atom stereocenters. The van der Waals surface area contributed by atoms with Gasteiger partial charge < -0.3 is 4.90 Å². The minimum absolute atomic E-state index is 0.0651. The second kappa shape index (κ2) is 7.27. The molecule has 5 nitrogen and oxygen atoms in total. The molecule has 28 heavy (non-hydrogen) atoms. The van der Waals surface area contributed by atoms with Gasteiger partial charge in [0.2, 0.25) is 0 Å². The second-order valence-electron chi connectivity index (χ2n) is 6.88. The van der Waals surface area contributed by atoms with Crippen molar-refractivity contribution in [2.75, 3.05) is 0 Å². The number of Topliss-reactive ketones (excluding diaryl/α,β-unsaturated/α-hetero) is 1. The third-order valence-electron chi connectivity index (χ3n) is 5.33. The van der Waals surface area contributed by atoms with Crippen molar-refractivity contribution in [3.8, 4) is 0 Å². The lowest BCUT2D eigenvalue weighted by molar-refractivity contribution is -0.429. The summed E-state index contributed by atoms with van der Waals surface area (Å²) < 4.78 is 0. The summed E-state index contributed by atoms with van der Waals surface area (Å²) in [5.41, 5.74) is 3.02. The van der Waals surface area contributed by atoms with Gasteiger partial charge in [0.25, 0.3) is 5.70 Å². The molecule has 0 aromatic heterocycles. The fraction of sp³-hybridized carbons (Fsp3) is 0.174. The Kier molecular flexibility index (Phi) is 4.65. The molecule has 0 amide bonds. The Morgan fingerprint density at radius 1 is 1.07 bits per heavy atom. The molecule has 2 aliphatic heterocycles. The summed E-state index contributed by atoms with van der Waals surface area (Å²) in [4.78, 5) is 26.9. The highest BCUT2D eigenvalue weighted by atomic mass is 16.6. The topological polar surface area (TPSA) is 63.4 Å². The van der Waals surface area contributed by atoms with E-state index in [1.54, 1.807) is 29.3 Å². The number of ketones is 1. The van der Waals surface area contributed by atoms with Crippen LogP contribution in [0.3, 0.4) is 0 Å². The van der Waals surface area contributed by atoms with Crippen molar-refractivity contribution < 1.29 is 9.72 Å². The first-order chi connectivity index (χ1) is 13.6. The average Bonchev–Trinajstić information content (AvgIpc) is 3.09. The van der Waals surface area contributed by atoms with E-state index in [0.29, 0.717) is 11.3 Å². The molecule has 0 N–H and O–H groups in total. The molecule has 0 bridgehead atoms. The van der Waals surface area contributed by atoms with Gasteiger partial charge in [-0.3, -0.25) is 14.9 Å². The summed E-state index contributed by atoms with van der Waals surface area (Å²) in [6.45, 7) is 2.06. The zero-order valence-electron chi connectivity index (χ0n) is 15.5. The van der Waals surface area contributed by atoms with Crippen LogP contribution in [0.15, 0.2) is 90.4 Å². The van der Waals surface area contributed by atoms with E-state index in [2.05, 4.69) is 6.92 Å². The number of carbonyl (C=O) groups excluding carboxylic acids is 1. The van der Waals surface area contributed by atoms with Crippen LogP contribution in [0.4, 0.5) is 0 Å². The average molecular weight is 372 g/mol. The fourth-order valence-electron chi connectivity index (χ4n) is 3.95. The maximum absolute atomic E-state index is 13.5. The SMILES string of the molecule is CCc1ccc(C(=O)[C@@H]2[C@H](c3ccccc3)C([N+](=O)[O-])=C3C=CC=CN32)cc1. The highest BCUT2D eigenvalue weighted by Crippen LogP contribution is 2.44. The van der Waals surface area contributed by atoms with Crippen LogP contribution in [0.25, 0.3) is 0 Å². The number of carbonyl (C=O) groups is 1. The summed E-state index contributed by atoms with van der Waals surface area (Å²) in [5.74, 6) is -0.761. The zero-order valence-corrected chi connectivity index (χ0v) is 15.5. The molecule has 0 spiro atoms. The molecule has 5 heteroatoms. The summed E-state index contributed by atoms with van der Waals surface area (Å²) in [6, 6.07) is 16.1. The summed E-state index contributed by atoms with van der Waals surface area (Å²) in [5, 5.41) is 12.0. The molecule has 0 saturated heterocycles. The predicted molar refractivity (Wildman–Crippen MR) is 107 cm³/mol. The number of allylic oxidation sites excluding steroid dienone is 3. The molecule has 0 radical (unpaired) electrons. The van der Waals surface area contributed by atoms with E-state index in [0.717, 1.165) is 17.5 Å². The van der Waals surface area contributed by atoms with E-state index in [4.69, 9.17) is 0 Å². The Labute approximate surface area is 163 Å². The van der Waals surface area contributed by atoms with Crippen molar-refractivity contribution in [3.05, 3.63) is 117 Å². The van der Waals surface area contributed by atoms with Gasteiger partial charge >= 0.3 is 0 Å².